The van der Waals surface area contributed by atoms with Gasteiger partial charge in [-0.3, -0.25) is 9.59 Å². The van der Waals surface area contributed by atoms with Crippen molar-refractivity contribution in [3.8, 4) is 0 Å². The van der Waals surface area contributed by atoms with E-state index < -0.39 is 21.6 Å². The van der Waals surface area contributed by atoms with Gasteiger partial charge in [0, 0.05) is 19.3 Å². The molecule has 0 N–H and O–H groups in total. The van der Waals surface area contributed by atoms with Crippen molar-refractivity contribution >= 4 is 16.0 Å². The number of sulfonamides is 1. The van der Waals surface area contributed by atoms with Crippen molar-refractivity contribution in [3.63, 3.8) is 0 Å². The van der Waals surface area contributed by atoms with Gasteiger partial charge in [0.05, 0.1) is 6.61 Å². The highest BCUT2D eigenvalue weighted by molar-refractivity contribution is 7.89. The van der Waals surface area contributed by atoms with Gasteiger partial charge in [-0.1, -0.05) is 6.92 Å². The van der Waals surface area contributed by atoms with E-state index in [9.17, 15) is 18.0 Å². The summed E-state index contributed by atoms with van der Waals surface area (Å²) in [6.07, 6.45) is 2.95. The number of carbonyl (C=O) groups is 1. The number of nitrogens with zero attached hydrogens (tertiary/aromatic N) is 2. The van der Waals surface area contributed by atoms with Crippen molar-refractivity contribution in [2.45, 2.75) is 38.1 Å². The Balaban J connectivity index is 2.29. The Morgan fingerprint density at radius 3 is 2.61 bits per heavy atom. The number of pyridine rings is 1. The van der Waals surface area contributed by atoms with Crippen molar-refractivity contribution in [1.29, 1.82) is 0 Å². The molecule has 1 aromatic rings. The van der Waals surface area contributed by atoms with E-state index >= 15 is 0 Å². The minimum atomic E-state index is -3.84. The van der Waals surface area contributed by atoms with E-state index in [0.29, 0.717) is 19.0 Å². The molecule has 1 saturated heterocycles. The number of rotatable bonds is 5. The Kier molecular flexibility index (Phi) is 5.59. The van der Waals surface area contributed by atoms with Crippen LogP contribution in [0.3, 0.4) is 0 Å². The van der Waals surface area contributed by atoms with Gasteiger partial charge in [-0.15, -0.1) is 0 Å². The molecular weight excluding hydrogens is 320 g/mol. The van der Waals surface area contributed by atoms with Gasteiger partial charge in [0.15, 0.2) is 0 Å². The van der Waals surface area contributed by atoms with Crippen LogP contribution < -0.4 is 5.56 Å². The normalized spacial score (nSPS) is 17.1. The highest BCUT2D eigenvalue weighted by atomic mass is 32.2. The molecular formula is C15H22N2O5S. The molecule has 0 spiro atoms. The molecule has 1 aliphatic rings. The van der Waals surface area contributed by atoms with Crippen molar-refractivity contribution in [2.24, 2.45) is 5.92 Å². The molecule has 0 radical (unpaired) electrons. The summed E-state index contributed by atoms with van der Waals surface area (Å²) < 4.78 is 32.6. The summed E-state index contributed by atoms with van der Waals surface area (Å²) in [5.41, 5.74) is -0.695. The second-order valence-corrected chi connectivity index (χ2v) is 7.60. The summed E-state index contributed by atoms with van der Waals surface area (Å²) in [4.78, 5) is 23.6. The first kappa shape index (κ1) is 17.7. The maximum Gasteiger partial charge on any atom is 0.326 e. The van der Waals surface area contributed by atoms with E-state index in [1.807, 2.05) is 0 Å². The second kappa shape index (κ2) is 7.27. The van der Waals surface area contributed by atoms with Crippen molar-refractivity contribution < 1.29 is 17.9 Å². The number of hydrogen-bond acceptors (Lipinski definition) is 5. The third kappa shape index (κ3) is 4.00. The van der Waals surface area contributed by atoms with E-state index in [4.69, 9.17) is 4.74 Å². The summed E-state index contributed by atoms with van der Waals surface area (Å²) in [6, 6.07) is 2.75. The Morgan fingerprint density at radius 1 is 1.35 bits per heavy atom. The third-order valence-electron chi connectivity index (χ3n) is 3.95. The fraction of sp³-hybridized carbons (Fsp3) is 0.600. The summed E-state index contributed by atoms with van der Waals surface area (Å²) in [7, 11) is -3.84. The number of ether oxygens (including phenoxy) is 1. The lowest BCUT2D eigenvalue weighted by Gasteiger charge is -2.29. The van der Waals surface area contributed by atoms with Gasteiger partial charge < -0.3 is 9.30 Å². The molecule has 8 heteroatoms. The molecule has 0 saturated carbocycles. The summed E-state index contributed by atoms with van der Waals surface area (Å²) >= 11 is 0. The second-order valence-electron chi connectivity index (χ2n) is 5.70. The van der Waals surface area contributed by atoms with Gasteiger partial charge in [-0.05, 0) is 37.8 Å². The molecule has 0 atom stereocenters. The predicted octanol–water partition coefficient (Wildman–Crippen LogP) is 0.832. The molecule has 1 fully saturated rings. The lowest BCUT2D eigenvalue weighted by molar-refractivity contribution is -0.143. The van der Waals surface area contributed by atoms with E-state index in [2.05, 4.69) is 6.92 Å². The van der Waals surface area contributed by atoms with Gasteiger partial charge in [-0.2, -0.15) is 4.31 Å². The fourth-order valence-electron chi connectivity index (χ4n) is 2.55. The van der Waals surface area contributed by atoms with Crippen LogP contribution in [0.5, 0.6) is 0 Å². The first-order valence-corrected chi connectivity index (χ1v) is 9.15. The van der Waals surface area contributed by atoms with Crippen LogP contribution >= 0.6 is 0 Å². The quantitative estimate of drug-likeness (QED) is 0.740. The predicted molar refractivity (Wildman–Crippen MR) is 84.5 cm³/mol. The zero-order valence-corrected chi connectivity index (χ0v) is 14.2. The van der Waals surface area contributed by atoms with Gasteiger partial charge in [-0.25, -0.2) is 8.42 Å². The molecule has 0 amide bonds. The monoisotopic (exact) mass is 342 g/mol. The first-order valence-electron chi connectivity index (χ1n) is 7.71. The van der Waals surface area contributed by atoms with Gasteiger partial charge in [0.2, 0.25) is 10.0 Å². The fourth-order valence-corrected chi connectivity index (χ4v) is 4.10. The van der Waals surface area contributed by atoms with Crippen molar-refractivity contribution in [1.82, 2.24) is 8.87 Å². The van der Waals surface area contributed by atoms with Crippen LogP contribution in [-0.4, -0.2) is 43.0 Å². The maximum atomic E-state index is 12.7. The number of hydrogen-bond donors (Lipinski definition) is 0. The molecule has 1 aliphatic heterocycles. The van der Waals surface area contributed by atoms with Crippen LogP contribution in [0.4, 0.5) is 0 Å². The molecule has 7 nitrogen and oxygen atoms in total. The third-order valence-corrected chi connectivity index (χ3v) is 5.86. The molecule has 128 valence electrons. The zero-order valence-electron chi connectivity index (χ0n) is 13.4. The van der Waals surface area contributed by atoms with E-state index in [-0.39, 0.29) is 18.0 Å². The van der Waals surface area contributed by atoms with Crippen LogP contribution in [0, 0.1) is 5.92 Å². The Morgan fingerprint density at radius 2 is 2.00 bits per heavy atom. The molecule has 2 rings (SSSR count). The van der Waals surface area contributed by atoms with Gasteiger partial charge in [0.1, 0.15) is 11.4 Å². The van der Waals surface area contributed by atoms with E-state index in [1.165, 1.54) is 22.6 Å². The minimum absolute atomic E-state index is 0.206. The Bertz CT molecular complexity index is 718. The lowest BCUT2D eigenvalue weighted by Crippen LogP contribution is -2.41. The highest BCUT2D eigenvalue weighted by Gasteiger charge is 2.30. The topological polar surface area (TPSA) is 85.7 Å². The van der Waals surface area contributed by atoms with Crippen LogP contribution in [0.25, 0.3) is 0 Å². The average Bonchev–Trinajstić information content (AvgIpc) is 2.50. The molecule has 0 aliphatic carbocycles. The number of piperidine rings is 1. The Hall–Kier alpha value is -1.67. The SMILES string of the molecule is CCOC(=O)Cn1cccc(S(=O)(=O)N2CCC(C)CC2)c1=O. The number of aromatic nitrogens is 1. The smallest absolute Gasteiger partial charge is 0.326 e. The standard InChI is InChI=1S/C15H22N2O5S/c1-3-22-14(18)11-16-8-4-5-13(15(16)19)23(20,21)17-9-6-12(2)7-10-17/h4-5,8,12H,3,6-7,9-11H2,1-2H3. The van der Waals surface area contributed by atoms with Crippen molar-refractivity contribution in [3.05, 3.63) is 28.7 Å². The number of carbonyl (C=O) groups excluding carboxylic acids is 1. The highest BCUT2D eigenvalue weighted by Crippen LogP contribution is 2.21. The van der Waals surface area contributed by atoms with Crippen LogP contribution in [0.1, 0.15) is 26.7 Å². The van der Waals surface area contributed by atoms with E-state index in [1.54, 1.807) is 6.92 Å². The number of esters is 1. The van der Waals surface area contributed by atoms with E-state index in [0.717, 1.165) is 17.4 Å². The summed E-state index contributed by atoms with van der Waals surface area (Å²) in [5, 5.41) is 0. The molecule has 2 heterocycles. The van der Waals surface area contributed by atoms with Crippen LogP contribution in [0.2, 0.25) is 0 Å². The minimum Gasteiger partial charge on any atom is -0.465 e. The largest absolute Gasteiger partial charge is 0.465 e. The summed E-state index contributed by atoms with van der Waals surface area (Å²) in [6.45, 7) is 4.48. The average molecular weight is 342 g/mol. The molecule has 0 aromatic carbocycles. The first-order chi connectivity index (χ1) is 10.9. The van der Waals surface area contributed by atoms with Crippen molar-refractivity contribution in [2.75, 3.05) is 19.7 Å². The van der Waals surface area contributed by atoms with Gasteiger partial charge in [0.25, 0.3) is 5.56 Å². The molecule has 0 unspecified atom stereocenters. The molecule has 0 bridgehead atoms. The van der Waals surface area contributed by atoms with Crippen LogP contribution in [-0.2, 0) is 26.1 Å². The summed E-state index contributed by atoms with van der Waals surface area (Å²) in [5.74, 6) is -0.0892. The molecule has 23 heavy (non-hydrogen) atoms. The Labute approximate surface area is 135 Å². The van der Waals surface area contributed by atoms with Crippen LogP contribution in [0.15, 0.2) is 28.0 Å². The molecule has 1 aromatic heterocycles. The lowest BCUT2D eigenvalue weighted by atomic mass is 10.0. The zero-order chi connectivity index (χ0) is 17.0. The maximum absolute atomic E-state index is 12.7. The van der Waals surface area contributed by atoms with Gasteiger partial charge >= 0.3 is 5.97 Å².